The van der Waals surface area contributed by atoms with Crippen LogP contribution in [0.1, 0.15) is 12.0 Å². The van der Waals surface area contributed by atoms with Crippen LogP contribution in [0.2, 0.25) is 0 Å². The number of benzene rings is 1. The highest BCUT2D eigenvalue weighted by molar-refractivity contribution is 5.78. The van der Waals surface area contributed by atoms with E-state index in [0.717, 1.165) is 18.7 Å². The third-order valence-electron chi connectivity index (χ3n) is 3.60. The SMILES string of the molecule is Cc1ccc(OCC(=O)N2CC3CC2CO3)cc1. The van der Waals surface area contributed by atoms with Gasteiger partial charge in [0.05, 0.1) is 18.8 Å². The molecule has 1 amide bonds. The van der Waals surface area contributed by atoms with Crippen LogP contribution in [0.4, 0.5) is 0 Å². The minimum Gasteiger partial charge on any atom is -0.484 e. The molecule has 2 saturated heterocycles. The first-order valence-electron chi connectivity index (χ1n) is 6.33. The second-order valence-corrected chi connectivity index (χ2v) is 4.99. The summed E-state index contributed by atoms with van der Waals surface area (Å²) in [4.78, 5) is 13.9. The van der Waals surface area contributed by atoms with Gasteiger partial charge in [0.1, 0.15) is 5.75 Å². The van der Waals surface area contributed by atoms with Crippen LogP contribution in [-0.2, 0) is 9.53 Å². The van der Waals surface area contributed by atoms with Gasteiger partial charge in [-0.2, -0.15) is 0 Å². The maximum atomic E-state index is 12.0. The highest BCUT2D eigenvalue weighted by Crippen LogP contribution is 2.27. The van der Waals surface area contributed by atoms with E-state index < -0.39 is 0 Å². The Morgan fingerprint density at radius 3 is 2.83 bits per heavy atom. The van der Waals surface area contributed by atoms with Crippen molar-refractivity contribution in [3.05, 3.63) is 29.8 Å². The summed E-state index contributed by atoms with van der Waals surface area (Å²) in [6.45, 7) is 3.55. The van der Waals surface area contributed by atoms with Crippen LogP contribution in [0.15, 0.2) is 24.3 Å². The lowest BCUT2D eigenvalue weighted by Crippen LogP contribution is -2.43. The largest absolute Gasteiger partial charge is 0.484 e. The molecule has 0 aromatic heterocycles. The summed E-state index contributed by atoms with van der Waals surface area (Å²) in [5.41, 5.74) is 1.18. The summed E-state index contributed by atoms with van der Waals surface area (Å²) in [5, 5.41) is 0. The van der Waals surface area contributed by atoms with Gasteiger partial charge in [-0.15, -0.1) is 0 Å². The van der Waals surface area contributed by atoms with Crippen LogP contribution in [0.5, 0.6) is 5.75 Å². The van der Waals surface area contributed by atoms with E-state index in [1.807, 2.05) is 36.1 Å². The average Bonchev–Trinajstić information content (AvgIpc) is 3.00. The van der Waals surface area contributed by atoms with Gasteiger partial charge < -0.3 is 14.4 Å². The van der Waals surface area contributed by atoms with E-state index in [1.54, 1.807) is 0 Å². The molecular formula is C14H17NO3. The fourth-order valence-corrected chi connectivity index (χ4v) is 2.57. The molecular weight excluding hydrogens is 230 g/mol. The Labute approximate surface area is 106 Å². The quantitative estimate of drug-likeness (QED) is 0.810. The Hall–Kier alpha value is -1.55. The molecule has 0 N–H and O–H groups in total. The summed E-state index contributed by atoms with van der Waals surface area (Å²) in [6.07, 6.45) is 1.23. The molecule has 96 valence electrons. The van der Waals surface area contributed by atoms with Crippen LogP contribution in [-0.4, -0.2) is 42.7 Å². The zero-order chi connectivity index (χ0) is 12.5. The van der Waals surface area contributed by atoms with Gasteiger partial charge in [-0.3, -0.25) is 4.79 Å². The predicted molar refractivity (Wildman–Crippen MR) is 66.5 cm³/mol. The van der Waals surface area contributed by atoms with Gasteiger partial charge in [-0.05, 0) is 25.5 Å². The molecule has 2 bridgehead atoms. The standard InChI is InChI=1S/C14H17NO3/c1-10-2-4-12(5-3-10)18-9-14(16)15-7-13-6-11(15)8-17-13/h2-5,11,13H,6-9H2,1H3. The normalized spacial score (nSPS) is 25.5. The minimum absolute atomic E-state index is 0.0615. The van der Waals surface area contributed by atoms with Crippen molar-refractivity contribution < 1.29 is 14.3 Å². The first kappa shape index (κ1) is 11.5. The minimum atomic E-state index is 0.0615. The Morgan fingerprint density at radius 1 is 1.44 bits per heavy atom. The van der Waals surface area contributed by atoms with Crippen molar-refractivity contribution in [3.8, 4) is 5.75 Å². The molecule has 0 saturated carbocycles. The van der Waals surface area contributed by atoms with Crippen molar-refractivity contribution >= 4 is 5.91 Å². The van der Waals surface area contributed by atoms with Crippen LogP contribution in [0.3, 0.4) is 0 Å². The molecule has 2 fully saturated rings. The highest BCUT2D eigenvalue weighted by atomic mass is 16.5. The molecule has 4 heteroatoms. The number of ether oxygens (including phenoxy) is 2. The van der Waals surface area contributed by atoms with Gasteiger partial charge in [-0.25, -0.2) is 0 Å². The van der Waals surface area contributed by atoms with Crippen molar-refractivity contribution in [2.75, 3.05) is 19.8 Å². The summed E-state index contributed by atoms with van der Waals surface area (Å²) in [6, 6.07) is 8.00. The van der Waals surface area contributed by atoms with Gasteiger partial charge in [0.15, 0.2) is 6.61 Å². The van der Waals surface area contributed by atoms with E-state index in [0.29, 0.717) is 6.61 Å². The number of carbonyl (C=O) groups excluding carboxylic acids is 1. The van der Waals surface area contributed by atoms with E-state index in [1.165, 1.54) is 5.56 Å². The Morgan fingerprint density at radius 2 is 2.22 bits per heavy atom. The highest BCUT2D eigenvalue weighted by Gasteiger charge is 2.41. The number of rotatable bonds is 3. The molecule has 1 aromatic rings. The number of hydrogen-bond acceptors (Lipinski definition) is 3. The van der Waals surface area contributed by atoms with Gasteiger partial charge in [0.25, 0.3) is 5.91 Å². The number of likely N-dealkylation sites (tertiary alicyclic amines) is 1. The Bertz CT molecular complexity index is 443. The molecule has 2 heterocycles. The van der Waals surface area contributed by atoms with Crippen molar-refractivity contribution in [2.24, 2.45) is 0 Å². The molecule has 0 radical (unpaired) electrons. The van der Waals surface area contributed by atoms with E-state index in [-0.39, 0.29) is 24.7 Å². The molecule has 4 nitrogen and oxygen atoms in total. The maximum absolute atomic E-state index is 12.0. The lowest BCUT2D eigenvalue weighted by atomic mass is 10.2. The van der Waals surface area contributed by atoms with Crippen molar-refractivity contribution in [2.45, 2.75) is 25.5 Å². The number of morpholine rings is 1. The molecule has 2 atom stereocenters. The lowest BCUT2D eigenvalue weighted by molar-refractivity contribution is -0.137. The molecule has 0 spiro atoms. The second kappa shape index (κ2) is 4.61. The molecule has 18 heavy (non-hydrogen) atoms. The van der Waals surface area contributed by atoms with Crippen LogP contribution in [0, 0.1) is 6.92 Å². The van der Waals surface area contributed by atoms with Gasteiger partial charge >= 0.3 is 0 Å². The second-order valence-electron chi connectivity index (χ2n) is 4.99. The van der Waals surface area contributed by atoms with Gasteiger partial charge in [-0.1, -0.05) is 17.7 Å². The monoisotopic (exact) mass is 247 g/mol. The lowest BCUT2D eigenvalue weighted by Gasteiger charge is -2.26. The Balaban J connectivity index is 1.54. The smallest absolute Gasteiger partial charge is 0.260 e. The predicted octanol–water partition coefficient (Wildman–Crippen LogP) is 1.37. The molecule has 2 unspecified atom stereocenters. The van der Waals surface area contributed by atoms with E-state index in [4.69, 9.17) is 9.47 Å². The first-order valence-corrected chi connectivity index (χ1v) is 6.33. The zero-order valence-corrected chi connectivity index (χ0v) is 10.5. The molecule has 1 aromatic carbocycles. The van der Waals surface area contributed by atoms with Gasteiger partial charge in [0, 0.05) is 6.54 Å². The van der Waals surface area contributed by atoms with Crippen molar-refractivity contribution in [1.29, 1.82) is 0 Å². The van der Waals surface area contributed by atoms with Gasteiger partial charge in [0.2, 0.25) is 0 Å². The van der Waals surface area contributed by atoms with E-state index >= 15 is 0 Å². The Kier molecular flexibility index (Phi) is 2.96. The van der Waals surface area contributed by atoms with Crippen molar-refractivity contribution in [3.63, 3.8) is 0 Å². The van der Waals surface area contributed by atoms with Crippen LogP contribution >= 0.6 is 0 Å². The number of hydrogen-bond donors (Lipinski definition) is 0. The molecule has 3 rings (SSSR count). The summed E-state index contributed by atoms with van der Waals surface area (Å²) >= 11 is 0. The first-order chi connectivity index (χ1) is 8.72. The summed E-state index contributed by atoms with van der Waals surface area (Å²) in [7, 11) is 0. The number of aryl methyl sites for hydroxylation is 1. The average molecular weight is 247 g/mol. The third kappa shape index (κ3) is 2.20. The topological polar surface area (TPSA) is 38.8 Å². The molecule has 0 aliphatic carbocycles. The maximum Gasteiger partial charge on any atom is 0.260 e. The fraction of sp³-hybridized carbons (Fsp3) is 0.500. The van der Waals surface area contributed by atoms with Crippen LogP contribution < -0.4 is 4.74 Å². The van der Waals surface area contributed by atoms with E-state index in [2.05, 4.69) is 0 Å². The number of amides is 1. The zero-order valence-electron chi connectivity index (χ0n) is 10.5. The number of fused-ring (bicyclic) bond motifs is 2. The van der Waals surface area contributed by atoms with Crippen molar-refractivity contribution in [1.82, 2.24) is 4.90 Å². The van der Waals surface area contributed by atoms with Crippen LogP contribution in [0.25, 0.3) is 0 Å². The molecule has 2 aliphatic heterocycles. The number of carbonyl (C=O) groups is 1. The number of nitrogens with zero attached hydrogens (tertiary/aromatic N) is 1. The fourth-order valence-electron chi connectivity index (χ4n) is 2.57. The third-order valence-corrected chi connectivity index (χ3v) is 3.60. The summed E-state index contributed by atoms with van der Waals surface area (Å²) < 4.78 is 11.0. The summed E-state index contributed by atoms with van der Waals surface area (Å²) in [5.74, 6) is 0.806. The van der Waals surface area contributed by atoms with E-state index in [9.17, 15) is 4.79 Å². The molecule has 2 aliphatic rings.